The number of hydrogen-bond donors (Lipinski definition) is 0. The zero-order valence-corrected chi connectivity index (χ0v) is 12.6. The molecule has 0 aliphatic rings. The van der Waals surface area contributed by atoms with E-state index in [4.69, 9.17) is 0 Å². The molecule has 0 aromatic heterocycles. The van der Waals surface area contributed by atoms with E-state index in [1.54, 1.807) is 0 Å². The summed E-state index contributed by atoms with van der Waals surface area (Å²) in [5.41, 5.74) is 0. The molecule has 17 heavy (non-hydrogen) atoms. The number of unbranched alkanes of at least 4 members (excludes halogenated alkanes) is 6. The first-order valence-corrected chi connectivity index (χ1v) is 7.99. The Hall–Kier alpha value is 0. The van der Waals surface area contributed by atoms with Crippen LogP contribution in [0.3, 0.4) is 0 Å². The average Bonchev–Trinajstić information content (AvgIpc) is 2.29. The Balaban J connectivity index is 3.14. The Morgan fingerprint density at radius 3 is 1.76 bits per heavy atom. The van der Waals surface area contributed by atoms with E-state index in [-0.39, 0.29) is 0 Å². The van der Waals surface area contributed by atoms with Crippen molar-refractivity contribution in [2.75, 3.05) is 0 Å². The Morgan fingerprint density at radius 2 is 1.18 bits per heavy atom. The fraction of sp³-hybridized carbons (Fsp3) is 0.941. The molecule has 0 rings (SSSR count). The molecule has 2 unspecified atom stereocenters. The molecule has 0 nitrogen and oxygen atoms in total. The standard InChI is InChI=1S/C17H35/c1-5-6-7-8-9-10-14-17(4)15-12-11-13-16(2)3/h16-17H,2,5-15H2,1,3-4H3. The van der Waals surface area contributed by atoms with E-state index in [1.807, 2.05) is 0 Å². The summed E-state index contributed by atoms with van der Waals surface area (Å²) in [5.74, 6) is 1.59. The SMILES string of the molecule is [CH2]C(C)CCCCC(C)CCCCCCCC. The second kappa shape index (κ2) is 12.5. The molecule has 0 fully saturated rings. The van der Waals surface area contributed by atoms with Crippen molar-refractivity contribution in [1.82, 2.24) is 0 Å². The molecule has 0 aliphatic heterocycles. The highest BCUT2D eigenvalue weighted by molar-refractivity contribution is 4.58. The van der Waals surface area contributed by atoms with Crippen LogP contribution < -0.4 is 0 Å². The van der Waals surface area contributed by atoms with Crippen LogP contribution in [-0.2, 0) is 0 Å². The topological polar surface area (TPSA) is 0 Å². The molecule has 0 N–H and O–H groups in total. The van der Waals surface area contributed by atoms with Crippen LogP contribution in [0.5, 0.6) is 0 Å². The van der Waals surface area contributed by atoms with Gasteiger partial charge in [0.05, 0.1) is 0 Å². The van der Waals surface area contributed by atoms with Crippen molar-refractivity contribution in [2.45, 2.75) is 91.4 Å². The molecule has 0 aromatic carbocycles. The smallest absolute Gasteiger partial charge is 0.0443 e. The first-order valence-electron chi connectivity index (χ1n) is 7.99. The summed E-state index contributed by atoms with van der Waals surface area (Å²) < 4.78 is 0. The van der Waals surface area contributed by atoms with Crippen LogP contribution in [0.1, 0.15) is 91.4 Å². The summed E-state index contributed by atoms with van der Waals surface area (Å²) in [6, 6.07) is 0. The third-order valence-corrected chi connectivity index (χ3v) is 3.69. The summed E-state index contributed by atoms with van der Waals surface area (Å²) >= 11 is 0. The molecule has 0 aliphatic carbocycles. The highest BCUT2D eigenvalue weighted by Gasteiger charge is 2.02. The first-order chi connectivity index (χ1) is 8.16. The molecule has 1 radical (unpaired) electrons. The zero-order chi connectivity index (χ0) is 12.9. The molecular formula is C17H35. The molecule has 103 valence electrons. The molecule has 0 spiro atoms. The van der Waals surface area contributed by atoms with Gasteiger partial charge in [-0.15, -0.1) is 0 Å². The molecular weight excluding hydrogens is 204 g/mol. The minimum atomic E-state index is 0.642. The lowest BCUT2D eigenvalue weighted by Gasteiger charge is -2.11. The summed E-state index contributed by atoms with van der Waals surface area (Å²) in [4.78, 5) is 0. The molecule has 0 amide bonds. The molecule has 0 saturated carbocycles. The Kier molecular flexibility index (Phi) is 12.5. The van der Waals surface area contributed by atoms with E-state index in [0.29, 0.717) is 5.92 Å². The quantitative estimate of drug-likeness (QED) is 0.345. The normalized spacial score (nSPS) is 13.2. The van der Waals surface area contributed by atoms with Gasteiger partial charge in [-0.1, -0.05) is 98.3 Å². The summed E-state index contributed by atoms with van der Waals surface area (Å²) in [7, 11) is 0. The maximum atomic E-state index is 4.04. The van der Waals surface area contributed by atoms with E-state index in [1.165, 1.54) is 70.6 Å². The lowest BCUT2D eigenvalue weighted by atomic mass is 9.95. The largest absolute Gasteiger partial charge is 0.0654 e. The highest BCUT2D eigenvalue weighted by atomic mass is 14.1. The second-order valence-electron chi connectivity index (χ2n) is 6.05. The van der Waals surface area contributed by atoms with Crippen LogP contribution in [0.25, 0.3) is 0 Å². The summed E-state index contributed by atoms with van der Waals surface area (Å²) in [5, 5.41) is 0. The van der Waals surface area contributed by atoms with Crippen LogP contribution in [0, 0.1) is 18.8 Å². The third-order valence-electron chi connectivity index (χ3n) is 3.69. The maximum Gasteiger partial charge on any atom is -0.0443 e. The van der Waals surface area contributed by atoms with Gasteiger partial charge in [-0.3, -0.25) is 0 Å². The monoisotopic (exact) mass is 239 g/mol. The van der Waals surface area contributed by atoms with Crippen molar-refractivity contribution in [3.63, 3.8) is 0 Å². The van der Waals surface area contributed by atoms with Gasteiger partial charge in [-0.05, 0) is 11.8 Å². The van der Waals surface area contributed by atoms with Crippen molar-refractivity contribution in [1.29, 1.82) is 0 Å². The van der Waals surface area contributed by atoms with Crippen molar-refractivity contribution in [3.8, 4) is 0 Å². The minimum absolute atomic E-state index is 0.642. The van der Waals surface area contributed by atoms with Crippen LogP contribution in [0.15, 0.2) is 0 Å². The molecule has 0 heteroatoms. The Bertz CT molecular complexity index is 137. The molecule has 2 atom stereocenters. The second-order valence-corrected chi connectivity index (χ2v) is 6.05. The van der Waals surface area contributed by atoms with Crippen LogP contribution in [0.4, 0.5) is 0 Å². The summed E-state index contributed by atoms with van der Waals surface area (Å²) in [6.45, 7) is 11.0. The van der Waals surface area contributed by atoms with Gasteiger partial charge in [0.25, 0.3) is 0 Å². The van der Waals surface area contributed by atoms with Gasteiger partial charge < -0.3 is 0 Å². The molecule has 0 heterocycles. The van der Waals surface area contributed by atoms with Gasteiger partial charge in [-0.2, -0.15) is 0 Å². The van der Waals surface area contributed by atoms with Crippen LogP contribution in [0.2, 0.25) is 0 Å². The predicted octanol–water partition coefficient (Wildman–Crippen LogP) is 6.40. The average molecular weight is 239 g/mol. The van der Waals surface area contributed by atoms with Gasteiger partial charge in [0.15, 0.2) is 0 Å². The van der Waals surface area contributed by atoms with Gasteiger partial charge in [0.1, 0.15) is 0 Å². The Morgan fingerprint density at radius 1 is 0.706 bits per heavy atom. The van der Waals surface area contributed by atoms with Crippen LogP contribution >= 0.6 is 0 Å². The maximum absolute atomic E-state index is 4.04. The van der Waals surface area contributed by atoms with Crippen molar-refractivity contribution >= 4 is 0 Å². The Labute approximate surface area is 111 Å². The van der Waals surface area contributed by atoms with Crippen molar-refractivity contribution in [2.24, 2.45) is 11.8 Å². The number of rotatable bonds is 12. The van der Waals surface area contributed by atoms with E-state index in [9.17, 15) is 0 Å². The number of hydrogen-bond acceptors (Lipinski definition) is 0. The van der Waals surface area contributed by atoms with Gasteiger partial charge in [0.2, 0.25) is 0 Å². The fourth-order valence-corrected chi connectivity index (χ4v) is 2.40. The minimum Gasteiger partial charge on any atom is -0.0654 e. The highest BCUT2D eigenvalue weighted by Crippen LogP contribution is 2.18. The molecule has 0 aromatic rings. The van der Waals surface area contributed by atoms with Crippen LogP contribution in [-0.4, -0.2) is 0 Å². The van der Waals surface area contributed by atoms with E-state index in [0.717, 1.165) is 5.92 Å². The third kappa shape index (κ3) is 13.9. The van der Waals surface area contributed by atoms with E-state index in [2.05, 4.69) is 27.7 Å². The van der Waals surface area contributed by atoms with E-state index < -0.39 is 0 Å². The lowest BCUT2D eigenvalue weighted by molar-refractivity contribution is 0.427. The fourth-order valence-electron chi connectivity index (χ4n) is 2.40. The van der Waals surface area contributed by atoms with Crippen molar-refractivity contribution in [3.05, 3.63) is 6.92 Å². The zero-order valence-electron chi connectivity index (χ0n) is 12.6. The van der Waals surface area contributed by atoms with Crippen molar-refractivity contribution < 1.29 is 0 Å². The molecule has 0 bridgehead atoms. The first kappa shape index (κ1) is 17.0. The van der Waals surface area contributed by atoms with Gasteiger partial charge in [-0.25, -0.2) is 0 Å². The van der Waals surface area contributed by atoms with Gasteiger partial charge in [0, 0.05) is 0 Å². The van der Waals surface area contributed by atoms with Gasteiger partial charge >= 0.3 is 0 Å². The predicted molar refractivity (Wildman–Crippen MR) is 80.1 cm³/mol. The molecule has 0 saturated heterocycles. The summed E-state index contributed by atoms with van der Waals surface area (Å²) in [6.07, 6.45) is 15.6. The van der Waals surface area contributed by atoms with E-state index >= 15 is 0 Å². The lowest BCUT2D eigenvalue weighted by Crippen LogP contribution is -1.96.